The topological polar surface area (TPSA) is 103 Å². The number of amides is 2. The largest absolute Gasteiger partial charge is 0.386 e. The average molecular weight is 613 g/mol. The van der Waals surface area contributed by atoms with Crippen molar-refractivity contribution in [1.29, 1.82) is 0 Å². The van der Waals surface area contributed by atoms with Crippen molar-refractivity contribution < 1.29 is 19.5 Å². The Labute approximate surface area is 262 Å². The fraction of sp³-hybridized carbons (Fsp3) is 0.647. The first kappa shape index (κ1) is 34.9. The van der Waals surface area contributed by atoms with Gasteiger partial charge in [-0.1, -0.05) is 65.0 Å². The van der Waals surface area contributed by atoms with Crippen molar-refractivity contribution >= 4 is 28.9 Å². The minimum Gasteiger partial charge on any atom is -0.386 e. The van der Waals surface area contributed by atoms with Gasteiger partial charge in [0.1, 0.15) is 16.8 Å². The van der Waals surface area contributed by atoms with Crippen LogP contribution >= 0.6 is 11.3 Å². The predicted octanol–water partition coefficient (Wildman–Crippen LogP) is 5.52. The second kappa shape index (κ2) is 16.5. The number of rotatable bonds is 16. The molecule has 0 unspecified atom stereocenters. The number of likely N-dealkylation sites (tertiary alicyclic amines) is 1. The van der Waals surface area contributed by atoms with Crippen molar-refractivity contribution in [1.82, 2.24) is 20.1 Å². The highest BCUT2D eigenvalue weighted by molar-refractivity contribution is 7.09. The predicted molar refractivity (Wildman–Crippen MR) is 173 cm³/mol. The zero-order valence-electron chi connectivity index (χ0n) is 27.1. The summed E-state index contributed by atoms with van der Waals surface area (Å²) >= 11 is 1.26. The van der Waals surface area contributed by atoms with Crippen molar-refractivity contribution in [3.05, 3.63) is 52.0 Å². The van der Waals surface area contributed by atoms with Crippen LogP contribution in [-0.2, 0) is 16.0 Å². The van der Waals surface area contributed by atoms with Crippen molar-refractivity contribution in [3.8, 4) is 0 Å². The van der Waals surface area contributed by atoms with Crippen LogP contribution in [0.4, 0.5) is 0 Å². The maximum Gasteiger partial charge on any atom is 0.270 e. The summed E-state index contributed by atoms with van der Waals surface area (Å²) in [5.74, 6) is -0.0414. The number of likely N-dealkylation sites (N-methyl/N-ethyl adjacent to an activating group) is 1. The van der Waals surface area contributed by atoms with E-state index in [1.807, 2.05) is 46.0 Å². The van der Waals surface area contributed by atoms with Crippen LogP contribution in [0.5, 0.6) is 0 Å². The molecule has 43 heavy (non-hydrogen) atoms. The molecule has 3 rings (SSSR count). The third-order valence-corrected chi connectivity index (χ3v) is 9.66. The molecule has 0 bridgehead atoms. The second-order valence-corrected chi connectivity index (χ2v) is 13.9. The Morgan fingerprint density at radius 3 is 2.42 bits per heavy atom. The lowest BCUT2D eigenvalue weighted by atomic mass is 9.91. The molecule has 8 nitrogen and oxygen atoms in total. The fourth-order valence-electron chi connectivity index (χ4n) is 6.23. The van der Waals surface area contributed by atoms with Gasteiger partial charge in [-0.25, -0.2) is 4.98 Å². The van der Waals surface area contributed by atoms with Gasteiger partial charge in [-0.15, -0.1) is 11.3 Å². The summed E-state index contributed by atoms with van der Waals surface area (Å²) in [6, 6.07) is 9.76. The van der Waals surface area contributed by atoms with Gasteiger partial charge in [0.25, 0.3) is 5.91 Å². The van der Waals surface area contributed by atoms with Gasteiger partial charge < -0.3 is 15.3 Å². The second-order valence-electron chi connectivity index (χ2n) is 13.0. The number of hydrogen-bond donors (Lipinski definition) is 2. The highest BCUT2D eigenvalue weighted by atomic mass is 32.1. The number of aliphatic hydroxyl groups is 1. The summed E-state index contributed by atoms with van der Waals surface area (Å²) in [6.07, 6.45) is 3.67. The van der Waals surface area contributed by atoms with Gasteiger partial charge in [0.05, 0.1) is 6.04 Å². The van der Waals surface area contributed by atoms with E-state index in [-0.39, 0.29) is 54.0 Å². The molecule has 2 heterocycles. The number of nitrogens with one attached hydrogen (secondary N) is 1. The molecule has 0 spiro atoms. The molecule has 0 radical (unpaired) electrons. The zero-order chi connectivity index (χ0) is 31.7. The molecular formula is C34H52N4O4S. The number of aromatic nitrogens is 1. The molecule has 1 aromatic heterocycles. The van der Waals surface area contributed by atoms with Crippen LogP contribution in [0.3, 0.4) is 0 Å². The fourth-order valence-corrected chi connectivity index (χ4v) is 7.02. The van der Waals surface area contributed by atoms with Gasteiger partial charge in [0.2, 0.25) is 5.91 Å². The molecule has 2 aromatic rings. The maximum absolute atomic E-state index is 13.6. The molecule has 2 amide bonds. The Balaban J connectivity index is 1.64. The standard InChI is InChI=1S/C34H52N4O4S/c1-8-25(19-30(39)28-15-12-16-37(28)6)34(42)38(7)29(23(4)5)20-31(40)33-36-27(21-43-33)32(41)35-26(17-22(2)3)18-24-13-10-9-11-14-24/h9-11,13-14,21-23,25-26,28-29,31,40H,8,12,15-20H2,1-7H3,(H,35,41)/t25-,26-,28-,29-,31-/m1/s1. The Morgan fingerprint density at radius 1 is 1.14 bits per heavy atom. The van der Waals surface area contributed by atoms with Crippen LogP contribution in [0.2, 0.25) is 0 Å². The number of nitrogens with zero attached hydrogens (tertiary/aromatic N) is 3. The van der Waals surface area contributed by atoms with Crippen molar-refractivity contribution in [2.24, 2.45) is 17.8 Å². The number of carbonyl (C=O) groups excluding carboxylic acids is 3. The van der Waals surface area contributed by atoms with Gasteiger partial charge in [-0.2, -0.15) is 0 Å². The van der Waals surface area contributed by atoms with E-state index < -0.39 is 6.10 Å². The average Bonchev–Trinajstić information content (AvgIpc) is 3.63. The van der Waals surface area contributed by atoms with E-state index in [1.165, 1.54) is 16.9 Å². The molecule has 1 saturated heterocycles. The number of aliphatic hydroxyl groups excluding tert-OH is 1. The van der Waals surface area contributed by atoms with E-state index in [4.69, 9.17) is 0 Å². The number of benzene rings is 1. The minimum atomic E-state index is -0.918. The van der Waals surface area contributed by atoms with Crippen LogP contribution in [0, 0.1) is 17.8 Å². The summed E-state index contributed by atoms with van der Waals surface area (Å²) in [6.45, 7) is 11.2. The van der Waals surface area contributed by atoms with Crippen LogP contribution in [0.25, 0.3) is 0 Å². The molecule has 5 atom stereocenters. The molecule has 2 N–H and O–H groups in total. The van der Waals surface area contributed by atoms with E-state index in [0.717, 1.165) is 32.2 Å². The van der Waals surface area contributed by atoms with Gasteiger partial charge >= 0.3 is 0 Å². The highest BCUT2D eigenvalue weighted by Gasteiger charge is 2.34. The molecule has 1 aromatic carbocycles. The summed E-state index contributed by atoms with van der Waals surface area (Å²) < 4.78 is 0. The normalized spacial score (nSPS) is 18.4. The molecule has 0 saturated carbocycles. The van der Waals surface area contributed by atoms with Crippen molar-refractivity contribution in [2.45, 2.75) is 104 Å². The van der Waals surface area contributed by atoms with E-state index in [2.05, 4.69) is 41.2 Å². The first-order chi connectivity index (χ1) is 20.4. The molecular weight excluding hydrogens is 560 g/mol. The summed E-state index contributed by atoms with van der Waals surface area (Å²) in [4.78, 5) is 48.1. The lowest BCUT2D eigenvalue weighted by Gasteiger charge is -2.35. The van der Waals surface area contributed by atoms with E-state index >= 15 is 0 Å². The molecule has 0 aliphatic carbocycles. The molecule has 238 valence electrons. The number of thiazole rings is 1. The third kappa shape index (κ3) is 9.95. The third-order valence-electron chi connectivity index (χ3n) is 8.72. The highest BCUT2D eigenvalue weighted by Crippen LogP contribution is 2.29. The van der Waals surface area contributed by atoms with Crippen LogP contribution in [0.1, 0.15) is 100 Å². The van der Waals surface area contributed by atoms with Gasteiger partial charge in [-0.05, 0) is 63.1 Å². The van der Waals surface area contributed by atoms with Crippen LogP contribution in [0.15, 0.2) is 35.7 Å². The smallest absolute Gasteiger partial charge is 0.270 e. The van der Waals surface area contributed by atoms with Crippen LogP contribution < -0.4 is 5.32 Å². The van der Waals surface area contributed by atoms with E-state index in [0.29, 0.717) is 29.5 Å². The Hall–Kier alpha value is -2.62. The molecule has 1 fully saturated rings. The lowest BCUT2D eigenvalue weighted by Crippen LogP contribution is -2.45. The monoisotopic (exact) mass is 612 g/mol. The quantitative estimate of drug-likeness (QED) is 0.259. The zero-order valence-corrected chi connectivity index (χ0v) is 27.9. The van der Waals surface area contributed by atoms with Crippen LogP contribution in [-0.4, -0.2) is 76.3 Å². The Morgan fingerprint density at radius 2 is 1.84 bits per heavy atom. The van der Waals surface area contributed by atoms with Crippen molar-refractivity contribution in [2.75, 3.05) is 20.6 Å². The summed E-state index contributed by atoms with van der Waals surface area (Å²) in [5.41, 5.74) is 1.47. The van der Waals surface area contributed by atoms with Gasteiger partial charge in [0.15, 0.2) is 5.78 Å². The van der Waals surface area contributed by atoms with E-state index in [9.17, 15) is 19.5 Å². The Kier molecular flexibility index (Phi) is 13.3. The maximum atomic E-state index is 13.6. The lowest BCUT2D eigenvalue weighted by molar-refractivity contribution is -0.141. The first-order valence-corrected chi connectivity index (χ1v) is 16.8. The van der Waals surface area contributed by atoms with Crippen molar-refractivity contribution in [3.63, 3.8) is 0 Å². The first-order valence-electron chi connectivity index (χ1n) is 15.9. The minimum absolute atomic E-state index is 0.0255. The van der Waals surface area contributed by atoms with E-state index in [1.54, 1.807) is 17.3 Å². The molecule has 1 aliphatic heterocycles. The number of ketones is 1. The number of Topliss-reactive ketones (excluding diaryl/α,β-unsaturated/α-hetero) is 1. The molecule has 9 heteroatoms. The summed E-state index contributed by atoms with van der Waals surface area (Å²) in [5, 5.41) is 16.5. The van der Waals surface area contributed by atoms with Gasteiger partial charge in [0, 0.05) is 43.3 Å². The molecule has 1 aliphatic rings. The van der Waals surface area contributed by atoms with Gasteiger partial charge in [-0.3, -0.25) is 19.3 Å². The Bertz CT molecular complexity index is 1180. The summed E-state index contributed by atoms with van der Waals surface area (Å²) in [7, 11) is 3.75. The number of carbonyl (C=O) groups is 3. The SMILES string of the molecule is CC[C@H](CC(=O)[C@H]1CCCN1C)C(=O)N(C)[C@H](C[C@@H](O)c1nc(C(=O)N[C@@H](Cc2ccccc2)CC(C)C)cs1)C(C)C. The number of hydrogen-bond acceptors (Lipinski definition) is 7.